The fourth-order valence-electron chi connectivity index (χ4n) is 9.61. The lowest BCUT2D eigenvalue weighted by atomic mass is 10.0. The average molecular weight is 1150 g/mol. The lowest BCUT2D eigenvalue weighted by molar-refractivity contribution is -0.870. The van der Waals surface area contributed by atoms with E-state index >= 15 is 0 Å². The maximum Gasteiger partial charge on any atom is 0.472 e. The van der Waals surface area contributed by atoms with Gasteiger partial charge in [-0.2, -0.15) is 0 Å². The molecular weight excluding hydrogens is 1020 g/mol. The van der Waals surface area contributed by atoms with Crippen molar-refractivity contribution in [1.82, 2.24) is 5.32 Å². The Morgan fingerprint density at radius 3 is 1.20 bits per heavy atom. The van der Waals surface area contributed by atoms with Gasteiger partial charge in [0.2, 0.25) is 5.91 Å². The molecule has 2 N–H and O–H groups in total. The number of ether oxygens (including phenoxy) is 1. The summed E-state index contributed by atoms with van der Waals surface area (Å²) in [6, 6.07) is -0.855. The molecule has 0 aromatic heterocycles. The number of esters is 1. The smallest absolute Gasteiger partial charge is 0.456 e. The van der Waals surface area contributed by atoms with Gasteiger partial charge in [0.25, 0.3) is 0 Å². The lowest BCUT2D eigenvalue weighted by Crippen LogP contribution is -2.47. The van der Waals surface area contributed by atoms with Crippen molar-refractivity contribution in [3.05, 3.63) is 85.1 Å². The second-order valence-electron chi connectivity index (χ2n) is 24.0. The number of hydrogen-bond acceptors (Lipinski definition) is 6. The topological polar surface area (TPSA) is 111 Å². The zero-order valence-electron chi connectivity index (χ0n) is 53.8. The van der Waals surface area contributed by atoms with Gasteiger partial charge in [-0.15, -0.1) is 0 Å². The first-order valence-electron chi connectivity index (χ1n) is 33.9. The van der Waals surface area contributed by atoms with Gasteiger partial charge < -0.3 is 19.4 Å². The number of quaternary nitrogens is 1. The average Bonchev–Trinajstić information content (AvgIpc) is 3.43. The molecule has 0 aromatic carbocycles. The number of likely N-dealkylation sites (N-methyl/N-ethyl adjacent to an activating group) is 1. The van der Waals surface area contributed by atoms with Gasteiger partial charge in [-0.25, -0.2) is 4.57 Å². The molecule has 0 aliphatic rings. The van der Waals surface area contributed by atoms with E-state index in [9.17, 15) is 19.0 Å². The summed E-state index contributed by atoms with van der Waals surface area (Å²) in [6.45, 7) is 6.90. The summed E-state index contributed by atoms with van der Waals surface area (Å²) in [5.74, 6) is -0.511. The Morgan fingerprint density at radius 1 is 0.444 bits per heavy atom. The van der Waals surface area contributed by atoms with Crippen LogP contribution in [0.3, 0.4) is 0 Å². The number of nitrogens with zero attached hydrogens (tertiary/aromatic N) is 1. The molecule has 0 radical (unpaired) electrons. The predicted octanol–water partition coefficient (Wildman–Crippen LogP) is 21.3. The fourth-order valence-corrected chi connectivity index (χ4v) is 10.3. The highest BCUT2D eigenvalue weighted by Crippen LogP contribution is 2.43. The number of allylic oxidation sites excluding steroid dienone is 13. The van der Waals surface area contributed by atoms with Crippen molar-refractivity contribution in [3.63, 3.8) is 0 Å². The van der Waals surface area contributed by atoms with Crippen LogP contribution in [0.5, 0.6) is 0 Å². The van der Waals surface area contributed by atoms with Gasteiger partial charge in [-0.05, 0) is 102 Å². The number of unbranched alkanes of at least 4 members (excludes halogenated alkanes) is 33. The number of phosphoric ester groups is 1. The molecule has 0 aliphatic heterocycles. The summed E-state index contributed by atoms with van der Waals surface area (Å²) < 4.78 is 30.8. The van der Waals surface area contributed by atoms with Gasteiger partial charge >= 0.3 is 13.8 Å². The van der Waals surface area contributed by atoms with Crippen LogP contribution in [-0.4, -0.2) is 74.3 Å². The highest BCUT2D eigenvalue weighted by atomic mass is 31.2. The number of rotatable bonds is 61. The maximum absolute atomic E-state index is 13.6. The van der Waals surface area contributed by atoms with Crippen LogP contribution in [0.4, 0.5) is 0 Å². The summed E-state index contributed by atoms with van der Waals surface area (Å²) >= 11 is 0. The first-order chi connectivity index (χ1) is 39.4. The van der Waals surface area contributed by atoms with Crippen molar-refractivity contribution >= 4 is 19.7 Å². The van der Waals surface area contributed by atoms with Gasteiger partial charge in [0.15, 0.2) is 0 Å². The minimum atomic E-state index is -4.46. The molecule has 470 valence electrons. The van der Waals surface area contributed by atoms with Gasteiger partial charge in [-0.3, -0.25) is 18.6 Å². The molecule has 0 bridgehead atoms. The molecule has 0 rings (SSSR count). The number of carbonyl (C=O) groups excluding carboxylic acids is 2. The Morgan fingerprint density at radius 2 is 0.790 bits per heavy atom. The largest absolute Gasteiger partial charge is 0.472 e. The predicted molar refractivity (Wildman–Crippen MR) is 351 cm³/mol. The Balaban J connectivity index is 5.10. The van der Waals surface area contributed by atoms with E-state index in [-0.39, 0.29) is 31.5 Å². The summed E-state index contributed by atoms with van der Waals surface area (Å²) in [7, 11) is 1.49. The van der Waals surface area contributed by atoms with E-state index in [0.717, 1.165) is 103 Å². The summed E-state index contributed by atoms with van der Waals surface area (Å²) in [4.78, 5) is 37.8. The third-order valence-electron chi connectivity index (χ3n) is 14.8. The Labute approximate surface area is 501 Å². The molecule has 0 fully saturated rings. The van der Waals surface area contributed by atoms with E-state index in [1.54, 1.807) is 0 Å². The van der Waals surface area contributed by atoms with Crippen LogP contribution >= 0.6 is 7.82 Å². The SMILES string of the molecule is CC/C=C\C/C=C\C/C=C\C/C=C\C/C=C\CCCCCCCCCCCC(=O)OC(/C=C\CCCCCCCCCCC)C(COP(=O)(O)OCC[N+](C)(C)C)NC(=O)CCCCCCCCCCC/C=C/CCCCCCCC. The van der Waals surface area contributed by atoms with Gasteiger partial charge in [0.05, 0.1) is 33.8 Å². The second-order valence-corrected chi connectivity index (χ2v) is 25.4. The van der Waals surface area contributed by atoms with Crippen LogP contribution in [-0.2, 0) is 27.9 Å². The van der Waals surface area contributed by atoms with Gasteiger partial charge in [0.1, 0.15) is 19.3 Å². The standard InChI is InChI=1S/C71H129N2O7P/c1-7-10-13-16-19-22-25-27-29-31-33-34-35-36-37-38-40-42-44-46-49-52-55-58-61-64-71(75)80-69(62-59-56-53-50-47-24-21-18-15-12-9-3)68(67-79-81(76,77)78-66-65-73(4,5)6)72-70(74)63-60-57-54-51-48-45-43-41-39-32-30-28-26-23-20-17-14-11-8-2/h10,13,19,22,27-30,33-34,36-37,59,62,68-69H,7-9,11-12,14-18,20-21,23-26,31-32,35,38-58,60-61,63-67H2,1-6H3,(H-,72,74,76,77)/p+1/b13-10-,22-19-,29-27-,30-28+,34-33-,37-36-,62-59-. The monoisotopic (exact) mass is 1150 g/mol. The molecule has 0 saturated heterocycles. The van der Waals surface area contributed by atoms with Gasteiger partial charge in [-0.1, -0.05) is 273 Å². The number of hydrogen-bond donors (Lipinski definition) is 2. The van der Waals surface area contributed by atoms with Crippen LogP contribution in [0.25, 0.3) is 0 Å². The molecule has 0 heterocycles. The third kappa shape index (κ3) is 61.6. The number of carbonyl (C=O) groups is 2. The normalized spacial score (nSPS) is 14.1. The molecule has 1 amide bonds. The van der Waals surface area contributed by atoms with E-state index < -0.39 is 20.0 Å². The van der Waals surface area contributed by atoms with E-state index in [1.807, 2.05) is 33.3 Å². The molecule has 9 nitrogen and oxygen atoms in total. The summed E-state index contributed by atoms with van der Waals surface area (Å²) in [6.07, 6.45) is 80.1. The highest BCUT2D eigenvalue weighted by molar-refractivity contribution is 7.47. The molecule has 0 spiro atoms. The molecule has 3 atom stereocenters. The minimum absolute atomic E-state index is 0.0365. The molecule has 3 unspecified atom stereocenters. The number of nitrogens with one attached hydrogen (secondary N) is 1. The fraction of sp³-hybridized carbons (Fsp3) is 0.775. The first-order valence-corrected chi connectivity index (χ1v) is 35.4. The summed E-state index contributed by atoms with van der Waals surface area (Å²) in [5.41, 5.74) is 0. The van der Waals surface area contributed by atoms with E-state index in [1.165, 1.54) is 167 Å². The molecule has 10 heteroatoms. The molecule has 81 heavy (non-hydrogen) atoms. The van der Waals surface area contributed by atoms with Crippen molar-refractivity contribution in [2.24, 2.45) is 0 Å². The number of amides is 1. The van der Waals surface area contributed by atoms with Crippen LogP contribution in [0.2, 0.25) is 0 Å². The maximum atomic E-state index is 13.6. The minimum Gasteiger partial charge on any atom is -0.456 e. The van der Waals surface area contributed by atoms with Crippen molar-refractivity contribution < 1.29 is 37.3 Å². The van der Waals surface area contributed by atoms with Crippen molar-refractivity contribution in [3.8, 4) is 0 Å². The Hall–Kier alpha value is -2.81. The molecular formula is C71H130N2O7P+. The van der Waals surface area contributed by atoms with Crippen molar-refractivity contribution in [1.29, 1.82) is 0 Å². The van der Waals surface area contributed by atoms with E-state index in [4.69, 9.17) is 13.8 Å². The zero-order chi connectivity index (χ0) is 59.3. The first kappa shape index (κ1) is 78.2. The molecule has 0 saturated carbocycles. The zero-order valence-corrected chi connectivity index (χ0v) is 54.7. The van der Waals surface area contributed by atoms with Crippen molar-refractivity contribution in [2.45, 2.75) is 315 Å². The van der Waals surface area contributed by atoms with E-state index in [0.29, 0.717) is 17.4 Å². The highest BCUT2D eigenvalue weighted by Gasteiger charge is 2.30. The van der Waals surface area contributed by atoms with Crippen molar-refractivity contribution in [2.75, 3.05) is 40.9 Å². The van der Waals surface area contributed by atoms with Crippen LogP contribution in [0.15, 0.2) is 85.1 Å². The van der Waals surface area contributed by atoms with Crippen LogP contribution < -0.4 is 5.32 Å². The summed E-state index contributed by atoms with van der Waals surface area (Å²) in [5, 5.41) is 3.06. The Bertz CT molecular complexity index is 1660. The third-order valence-corrected chi connectivity index (χ3v) is 15.8. The molecule has 0 aliphatic carbocycles. The quantitative estimate of drug-likeness (QED) is 0.0205. The van der Waals surface area contributed by atoms with Gasteiger partial charge in [0, 0.05) is 12.8 Å². The molecule has 0 aromatic rings. The number of phosphoric acid groups is 1. The van der Waals surface area contributed by atoms with Crippen LogP contribution in [0.1, 0.15) is 303 Å². The Kier molecular flexibility index (Phi) is 58.2. The second kappa shape index (κ2) is 60.3. The van der Waals surface area contributed by atoms with E-state index in [2.05, 4.69) is 99.0 Å². The lowest BCUT2D eigenvalue weighted by Gasteiger charge is -2.27. The van der Waals surface area contributed by atoms with Crippen LogP contribution in [0, 0.1) is 0 Å².